The highest BCUT2D eigenvalue weighted by atomic mass is 28.1. The first kappa shape index (κ1) is 11.8. The highest BCUT2D eigenvalue weighted by Crippen LogP contribution is 2.18. The first-order valence-electron chi connectivity index (χ1n) is 3.89. The van der Waals surface area contributed by atoms with Crippen LogP contribution in [0.25, 0.3) is 0 Å². The summed E-state index contributed by atoms with van der Waals surface area (Å²) < 4.78 is 10.7. The van der Waals surface area contributed by atoms with Crippen molar-refractivity contribution in [1.82, 2.24) is 4.90 Å². The fourth-order valence-electron chi connectivity index (χ4n) is 1.11. The van der Waals surface area contributed by atoms with Gasteiger partial charge in [-0.05, 0) is 19.3 Å². The Morgan fingerprint density at radius 2 is 1.83 bits per heavy atom. The van der Waals surface area contributed by atoms with Gasteiger partial charge in [0.1, 0.15) is 0 Å². The van der Waals surface area contributed by atoms with Crippen molar-refractivity contribution in [3.05, 3.63) is 11.8 Å². The van der Waals surface area contributed by atoms with Crippen LogP contribution in [0.5, 0.6) is 0 Å². The van der Waals surface area contributed by atoms with Crippen LogP contribution in [0.15, 0.2) is 11.8 Å². The Morgan fingerprint density at radius 1 is 1.42 bits per heavy atom. The normalized spacial score (nSPS) is 12.4. The summed E-state index contributed by atoms with van der Waals surface area (Å²) in [6.45, 7) is 4.62. The van der Waals surface area contributed by atoms with E-state index in [0.717, 1.165) is 15.4 Å². The van der Waals surface area contributed by atoms with Crippen LogP contribution in [-0.4, -0.2) is 55.8 Å². The Morgan fingerprint density at radius 3 is 1.92 bits per heavy atom. The van der Waals surface area contributed by atoms with E-state index in [0.29, 0.717) is 6.54 Å². The van der Waals surface area contributed by atoms with Crippen LogP contribution in [0.3, 0.4) is 0 Å². The van der Waals surface area contributed by atoms with E-state index in [2.05, 4.69) is 6.58 Å². The third-order valence-electron chi connectivity index (χ3n) is 1.83. The molecule has 0 saturated carbocycles. The van der Waals surface area contributed by atoms with Crippen LogP contribution < -0.4 is 0 Å². The average molecular weight is 189 g/mol. The Hall–Kier alpha value is -0.163. The summed E-state index contributed by atoms with van der Waals surface area (Å²) >= 11 is 0. The number of hydrogen-bond acceptors (Lipinski definition) is 3. The molecule has 12 heavy (non-hydrogen) atoms. The number of nitrogens with zero attached hydrogens (tertiary/aromatic N) is 1. The molecule has 0 N–H and O–H groups in total. The Balaban J connectivity index is 4.46. The van der Waals surface area contributed by atoms with Crippen molar-refractivity contribution >= 4 is 10.2 Å². The molecule has 0 fully saturated rings. The molecule has 0 aromatic rings. The van der Waals surface area contributed by atoms with Gasteiger partial charge in [-0.25, -0.2) is 0 Å². The molecule has 0 aliphatic carbocycles. The quantitative estimate of drug-likeness (QED) is 0.426. The van der Waals surface area contributed by atoms with E-state index in [1.165, 1.54) is 0 Å². The van der Waals surface area contributed by atoms with Crippen LogP contribution in [0.1, 0.15) is 0 Å². The molecule has 4 heteroatoms. The van der Waals surface area contributed by atoms with Gasteiger partial charge in [-0.3, -0.25) is 0 Å². The number of rotatable bonds is 5. The summed E-state index contributed by atoms with van der Waals surface area (Å²) in [5, 5.41) is 1.02. The van der Waals surface area contributed by atoms with Crippen molar-refractivity contribution in [2.75, 3.05) is 34.9 Å². The largest absolute Gasteiger partial charge is 0.349 e. The Bertz CT molecular complexity index is 155. The molecule has 0 atom stereocenters. The van der Waals surface area contributed by atoms with E-state index in [9.17, 15) is 0 Å². The molecular weight excluding hydrogens is 170 g/mol. The van der Waals surface area contributed by atoms with Crippen molar-refractivity contribution in [3.8, 4) is 0 Å². The summed E-state index contributed by atoms with van der Waals surface area (Å²) in [7, 11) is 8.14. The fourth-order valence-corrected chi connectivity index (χ4v) is 1.68. The number of methoxy groups -OCH3 is 2. The second-order valence-electron chi connectivity index (χ2n) is 3.18. The lowest BCUT2D eigenvalue weighted by molar-refractivity contribution is -0.180. The van der Waals surface area contributed by atoms with E-state index in [1.54, 1.807) is 14.2 Å². The van der Waals surface area contributed by atoms with Gasteiger partial charge in [0, 0.05) is 24.5 Å². The molecule has 0 amide bonds. The zero-order valence-corrected chi connectivity index (χ0v) is 10.7. The third kappa shape index (κ3) is 2.71. The van der Waals surface area contributed by atoms with Gasteiger partial charge in [-0.1, -0.05) is 6.58 Å². The first-order chi connectivity index (χ1) is 5.48. The molecule has 0 aromatic heterocycles. The van der Waals surface area contributed by atoms with Gasteiger partial charge in [-0.15, -0.1) is 0 Å². The molecule has 3 nitrogen and oxygen atoms in total. The molecule has 0 saturated heterocycles. The van der Waals surface area contributed by atoms with E-state index in [4.69, 9.17) is 9.47 Å². The van der Waals surface area contributed by atoms with Crippen molar-refractivity contribution in [3.63, 3.8) is 0 Å². The third-order valence-corrected chi connectivity index (χ3v) is 2.60. The highest BCUT2D eigenvalue weighted by molar-refractivity contribution is 6.22. The Labute approximate surface area is 77.8 Å². The standard InChI is InChI=1S/C8H19NO2Si/c1-7(12)8(10-4,11-5)6-9(2)3/h1,6H2,2-5,12H3. The number of ether oxygens (including phenoxy) is 2. The maximum atomic E-state index is 5.33. The molecule has 0 radical (unpaired) electrons. The summed E-state index contributed by atoms with van der Waals surface area (Å²) in [6.07, 6.45) is 0. The lowest BCUT2D eigenvalue weighted by Crippen LogP contribution is -2.45. The maximum Gasteiger partial charge on any atom is 0.198 e. The topological polar surface area (TPSA) is 21.7 Å². The molecule has 0 bridgehead atoms. The summed E-state index contributed by atoms with van der Waals surface area (Å²) in [5.74, 6) is -0.601. The molecule has 0 heterocycles. The van der Waals surface area contributed by atoms with E-state index >= 15 is 0 Å². The molecular formula is C8H19NO2Si. The molecule has 0 rings (SSSR count). The smallest absolute Gasteiger partial charge is 0.198 e. The van der Waals surface area contributed by atoms with Gasteiger partial charge in [0.25, 0.3) is 0 Å². The lowest BCUT2D eigenvalue weighted by Gasteiger charge is -2.33. The molecule has 0 aliphatic rings. The summed E-state index contributed by atoms with van der Waals surface area (Å²) in [4.78, 5) is 2.02. The predicted octanol–water partition coefficient (Wildman–Crippen LogP) is -0.584. The lowest BCUT2D eigenvalue weighted by atomic mass is 10.2. The second-order valence-corrected chi connectivity index (χ2v) is 4.39. The van der Waals surface area contributed by atoms with Crippen molar-refractivity contribution < 1.29 is 9.47 Å². The Kier molecular flexibility index (Phi) is 4.70. The zero-order chi connectivity index (χ0) is 9.78. The van der Waals surface area contributed by atoms with Crippen LogP contribution in [0, 0.1) is 0 Å². The van der Waals surface area contributed by atoms with E-state index in [1.807, 2.05) is 19.0 Å². The summed E-state index contributed by atoms with van der Waals surface area (Å²) in [6, 6.07) is 0. The molecule has 0 aliphatic heterocycles. The highest BCUT2D eigenvalue weighted by Gasteiger charge is 2.30. The first-order valence-corrected chi connectivity index (χ1v) is 4.89. The monoisotopic (exact) mass is 189 g/mol. The minimum absolute atomic E-state index is 0.601. The van der Waals surface area contributed by atoms with Crippen LogP contribution in [-0.2, 0) is 9.47 Å². The van der Waals surface area contributed by atoms with Crippen LogP contribution in [0.4, 0.5) is 0 Å². The van der Waals surface area contributed by atoms with Gasteiger partial charge in [-0.2, -0.15) is 0 Å². The molecule has 0 unspecified atom stereocenters. The van der Waals surface area contributed by atoms with Gasteiger partial charge >= 0.3 is 0 Å². The van der Waals surface area contributed by atoms with Gasteiger partial charge in [0.15, 0.2) is 5.79 Å². The molecule has 0 spiro atoms. The molecule has 0 aromatic carbocycles. The van der Waals surface area contributed by atoms with Gasteiger partial charge < -0.3 is 14.4 Å². The minimum Gasteiger partial charge on any atom is -0.349 e. The van der Waals surface area contributed by atoms with Crippen molar-refractivity contribution in [2.45, 2.75) is 5.79 Å². The van der Waals surface area contributed by atoms with Gasteiger partial charge in [0.2, 0.25) is 0 Å². The van der Waals surface area contributed by atoms with Crippen LogP contribution >= 0.6 is 0 Å². The van der Waals surface area contributed by atoms with Gasteiger partial charge in [0.05, 0.1) is 6.54 Å². The SMILES string of the molecule is C=C([SiH3])C(CN(C)C)(OC)OC. The second kappa shape index (κ2) is 4.76. The number of likely N-dealkylation sites (N-methyl/N-ethyl adjacent to an activating group) is 1. The minimum atomic E-state index is -0.601. The van der Waals surface area contributed by atoms with E-state index < -0.39 is 5.79 Å². The van der Waals surface area contributed by atoms with Crippen molar-refractivity contribution in [2.24, 2.45) is 0 Å². The van der Waals surface area contributed by atoms with E-state index in [-0.39, 0.29) is 0 Å². The van der Waals surface area contributed by atoms with Crippen molar-refractivity contribution in [1.29, 1.82) is 0 Å². The average Bonchev–Trinajstić information content (AvgIpc) is 1.99. The zero-order valence-electron chi connectivity index (χ0n) is 8.68. The number of hydrogen-bond donors (Lipinski definition) is 0. The summed E-state index contributed by atoms with van der Waals surface area (Å²) in [5.41, 5.74) is 0. The van der Waals surface area contributed by atoms with Crippen LogP contribution in [0.2, 0.25) is 0 Å². The maximum absolute atomic E-state index is 5.33. The predicted molar refractivity (Wildman–Crippen MR) is 54.4 cm³/mol. The fraction of sp³-hybridized carbons (Fsp3) is 0.750. The molecule has 72 valence electrons.